The maximum atomic E-state index is 12.7. The summed E-state index contributed by atoms with van der Waals surface area (Å²) < 4.78 is 59.5. The monoisotopic (exact) mass is 525 g/mol. The van der Waals surface area contributed by atoms with E-state index in [4.69, 9.17) is 9.90 Å². The molecule has 0 fully saturated rings. The molecule has 9 nitrogen and oxygen atoms in total. The lowest BCUT2D eigenvalue weighted by atomic mass is 10.2. The zero-order chi connectivity index (χ0) is 27.1. The number of nitrogens with one attached hydrogen (secondary N) is 1. The van der Waals surface area contributed by atoms with Crippen LogP contribution in [0.2, 0.25) is 0 Å². The van der Waals surface area contributed by atoms with E-state index in [-0.39, 0.29) is 22.0 Å². The summed E-state index contributed by atoms with van der Waals surface area (Å²) in [6.07, 6.45) is -3.76. The Morgan fingerprint density at radius 3 is 2.11 bits per heavy atom. The molecule has 3 aromatic rings. The van der Waals surface area contributed by atoms with E-state index in [1.54, 1.807) is 37.1 Å². The Labute approximate surface area is 204 Å². The molecule has 0 amide bonds. The molecule has 36 heavy (non-hydrogen) atoms. The molecule has 3 N–H and O–H groups in total. The lowest BCUT2D eigenvalue weighted by molar-refractivity contribution is -0.192. The summed E-state index contributed by atoms with van der Waals surface area (Å²) in [4.78, 5) is 26.7. The number of anilines is 2. The van der Waals surface area contributed by atoms with Crippen molar-refractivity contribution in [3.63, 3.8) is 0 Å². The molecule has 3 rings (SSSR count). The van der Waals surface area contributed by atoms with E-state index in [2.05, 4.69) is 9.71 Å². The fraction of sp³-hybridized carbons (Fsp3) is 0.174. The van der Waals surface area contributed by atoms with Crippen molar-refractivity contribution in [3.8, 4) is 0 Å². The van der Waals surface area contributed by atoms with Gasteiger partial charge in [0.25, 0.3) is 10.0 Å². The highest BCUT2D eigenvalue weighted by molar-refractivity contribution is 7.92. The van der Waals surface area contributed by atoms with Crippen LogP contribution in [0.4, 0.5) is 24.7 Å². The molecule has 0 aliphatic carbocycles. The summed E-state index contributed by atoms with van der Waals surface area (Å²) in [5.41, 5.74) is 1.58. The highest BCUT2D eigenvalue weighted by atomic mass is 32.2. The number of pyridine rings is 1. The van der Waals surface area contributed by atoms with Crippen LogP contribution < -0.4 is 9.62 Å². The van der Waals surface area contributed by atoms with Crippen molar-refractivity contribution in [2.24, 2.45) is 0 Å². The summed E-state index contributed by atoms with van der Waals surface area (Å²) in [5, 5.41) is 16.7. The van der Waals surface area contributed by atoms with Crippen molar-refractivity contribution >= 4 is 33.5 Å². The van der Waals surface area contributed by atoms with Gasteiger partial charge in [-0.1, -0.05) is 48.5 Å². The van der Waals surface area contributed by atoms with Gasteiger partial charge in [-0.05, 0) is 30.2 Å². The number of hydrogen-bond acceptors (Lipinski definition) is 6. The second-order valence-electron chi connectivity index (χ2n) is 7.42. The number of nitrogens with zero attached hydrogens (tertiary/aromatic N) is 2. The van der Waals surface area contributed by atoms with Gasteiger partial charge in [0.05, 0.1) is 16.8 Å². The van der Waals surface area contributed by atoms with Crippen LogP contribution in [0.15, 0.2) is 71.8 Å². The third-order valence-electron chi connectivity index (χ3n) is 4.60. The van der Waals surface area contributed by atoms with E-state index in [0.717, 1.165) is 5.56 Å². The smallest absolute Gasteiger partial charge is 0.478 e. The summed E-state index contributed by atoms with van der Waals surface area (Å²) in [6.45, 7) is 2.15. The van der Waals surface area contributed by atoms with Gasteiger partial charge in [0, 0.05) is 13.6 Å². The molecule has 0 atom stereocenters. The van der Waals surface area contributed by atoms with E-state index in [9.17, 15) is 31.5 Å². The molecule has 1 aromatic heterocycles. The summed E-state index contributed by atoms with van der Waals surface area (Å²) in [5.74, 6) is -3.70. The number of alkyl halides is 3. The molecule has 0 radical (unpaired) electrons. The first-order chi connectivity index (χ1) is 16.7. The van der Waals surface area contributed by atoms with Crippen LogP contribution >= 0.6 is 0 Å². The third kappa shape index (κ3) is 7.70. The molecular weight excluding hydrogens is 503 g/mol. The van der Waals surface area contributed by atoms with Crippen molar-refractivity contribution < 1.29 is 41.4 Å². The minimum Gasteiger partial charge on any atom is -0.478 e. The molecule has 0 saturated heterocycles. The van der Waals surface area contributed by atoms with Gasteiger partial charge in [0.15, 0.2) is 0 Å². The molecule has 0 saturated carbocycles. The van der Waals surface area contributed by atoms with Crippen molar-refractivity contribution in [1.82, 2.24) is 4.98 Å². The first-order valence-electron chi connectivity index (χ1n) is 10.1. The molecule has 0 aliphatic heterocycles. The number of sulfonamides is 1. The molecule has 2 aromatic carbocycles. The van der Waals surface area contributed by atoms with E-state index in [1.165, 1.54) is 18.3 Å². The fourth-order valence-electron chi connectivity index (χ4n) is 2.98. The number of carbonyl (C=O) groups is 2. The molecule has 13 heteroatoms. The highest BCUT2D eigenvalue weighted by Crippen LogP contribution is 2.25. The van der Waals surface area contributed by atoms with Crippen LogP contribution in [-0.2, 0) is 21.4 Å². The first-order valence-corrected chi connectivity index (χ1v) is 11.6. The summed E-state index contributed by atoms with van der Waals surface area (Å²) in [7, 11) is -2.13. The van der Waals surface area contributed by atoms with E-state index < -0.39 is 28.1 Å². The normalized spacial score (nSPS) is 11.1. The van der Waals surface area contributed by atoms with E-state index in [1.807, 2.05) is 30.3 Å². The number of aliphatic carboxylic acids is 1. The van der Waals surface area contributed by atoms with Crippen LogP contribution in [0.1, 0.15) is 21.5 Å². The van der Waals surface area contributed by atoms with Crippen molar-refractivity contribution in [2.45, 2.75) is 24.5 Å². The zero-order valence-electron chi connectivity index (χ0n) is 19.0. The second-order valence-corrected chi connectivity index (χ2v) is 9.07. The third-order valence-corrected chi connectivity index (χ3v) is 6.14. The van der Waals surface area contributed by atoms with Gasteiger partial charge >= 0.3 is 18.1 Å². The quantitative estimate of drug-likeness (QED) is 0.418. The van der Waals surface area contributed by atoms with E-state index in [0.29, 0.717) is 12.1 Å². The topological polar surface area (TPSA) is 137 Å². The highest BCUT2D eigenvalue weighted by Gasteiger charge is 2.38. The van der Waals surface area contributed by atoms with Gasteiger partial charge in [0.1, 0.15) is 11.4 Å². The first kappa shape index (κ1) is 28.1. The number of aromatic nitrogens is 1. The van der Waals surface area contributed by atoms with Gasteiger partial charge in [-0.25, -0.2) is 23.0 Å². The lowest BCUT2D eigenvalue weighted by Gasteiger charge is -2.21. The largest absolute Gasteiger partial charge is 0.490 e. The SMILES string of the molecule is Cc1ccccc1S(=O)(=O)Nc1cnc(N(C)Cc2ccccc2)c(C(=O)O)c1.O=C(O)C(F)(F)F. The number of aryl methyl sites for hydroxylation is 1. The maximum Gasteiger partial charge on any atom is 0.490 e. The minimum absolute atomic E-state index is 0.0857. The Hall–Kier alpha value is -4.13. The number of carboxylic acid groups (broad SMARTS) is 2. The van der Waals surface area contributed by atoms with Gasteiger partial charge in [-0.2, -0.15) is 13.2 Å². The standard InChI is InChI=1S/C21H21N3O4S.C2HF3O2/c1-15-8-6-7-11-19(15)29(27,28)23-17-12-18(21(25)26)20(22-13-17)24(2)14-16-9-4-3-5-10-16;3-2(4,5)1(6)7/h3-13,23H,14H2,1-2H3,(H,25,26);(H,6,7). The number of hydrogen-bond donors (Lipinski definition) is 3. The average Bonchev–Trinajstić information content (AvgIpc) is 2.79. The Kier molecular flexibility index (Phi) is 9.00. The molecule has 0 spiro atoms. The number of carboxylic acids is 2. The van der Waals surface area contributed by atoms with Gasteiger partial charge < -0.3 is 15.1 Å². The van der Waals surface area contributed by atoms with Crippen LogP contribution in [-0.4, -0.2) is 48.8 Å². The minimum atomic E-state index is -5.08. The van der Waals surface area contributed by atoms with Crippen LogP contribution in [0.5, 0.6) is 0 Å². The van der Waals surface area contributed by atoms with Crippen molar-refractivity contribution in [3.05, 3.63) is 83.6 Å². The molecule has 192 valence electrons. The lowest BCUT2D eigenvalue weighted by Crippen LogP contribution is -2.21. The van der Waals surface area contributed by atoms with E-state index >= 15 is 0 Å². The van der Waals surface area contributed by atoms with Crippen LogP contribution in [0, 0.1) is 6.92 Å². The van der Waals surface area contributed by atoms with Gasteiger partial charge in [-0.3, -0.25) is 4.72 Å². The Morgan fingerprint density at radius 1 is 1.03 bits per heavy atom. The predicted octanol–water partition coefficient (Wildman–Crippen LogP) is 4.16. The molecule has 1 heterocycles. The second kappa shape index (κ2) is 11.5. The van der Waals surface area contributed by atoms with Crippen molar-refractivity contribution in [1.29, 1.82) is 0 Å². The fourth-order valence-corrected chi connectivity index (χ4v) is 4.26. The maximum absolute atomic E-state index is 12.7. The number of benzene rings is 2. The Morgan fingerprint density at radius 2 is 1.58 bits per heavy atom. The van der Waals surface area contributed by atoms with Crippen molar-refractivity contribution in [2.75, 3.05) is 16.7 Å². The Bertz CT molecular complexity index is 1330. The summed E-state index contributed by atoms with van der Waals surface area (Å²) >= 11 is 0. The van der Waals surface area contributed by atoms with Gasteiger partial charge in [0.2, 0.25) is 0 Å². The summed E-state index contributed by atoms with van der Waals surface area (Å²) in [6, 6.07) is 17.4. The van der Waals surface area contributed by atoms with Crippen LogP contribution in [0.3, 0.4) is 0 Å². The zero-order valence-corrected chi connectivity index (χ0v) is 19.8. The molecule has 0 unspecified atom stereocenters. The molecular formula is C23H22F3N3O6S. The Balaban J connectivity index is 0.000000572. The molecule has 0 bridgehead atoms. The number of halogens is 3. The predicted molar refractivity (Wildman–Crippen MR) is 125 cm³/mol. The number of rotatable bonds is 7. The number of aromatic carboxylic acids is 1. The average molecular weight is 526 g/mol. The van der Waals surface area contributed by atoms with Crippen LogP contribution in [0.25, 0.3) is 0 Å². The van der Waals surface area contributed by atoms with Gasteiger partial charge in [-0.15, -0.1) is 0 Å². The molecule has 0 aliphatic rings.